The highest BCUT2D eigenvalue weighted by Crippen LogP contribution is 2.18. The molecule has 0 saturated carbocycles. The number of benzene rings is 1. The molecule has 1 amide bonds. The van der Waals surface area contributed by atoms with Crippen molar-refractivity contribution in [2.75, 3.05) is 0 Å². The standard InChI is InChI=1S/C10H9FN2O5/c11-7-3-6(1-2-9(7)13(17)18)4-8(10(15)16)12-5-14/h1-3,5,8H,4H2,(H,12,14)(H,15,16). The van der Waals surface area contributed by atoms with Gasteiger partial charge in [0.1, 0.15) is 6.04 Å². The van der Waals surface area contributed by atoms with Gasteiger partial charge in [0.15, 0.2) is 0 Å². The van der Waals surface area contributed by atoms with E-state index in [1.807, 2.05) is 0 Å². The Morgan fingerprint density at radius 1 is 1.61 bits per heavy atom. The zero-order valence-corrected chi connectivity index (χ0v) is 9.00. The molecule has 7 nitrogen and oxygen atoms in total. The van der Waals surface area contributed by atoms with Gasteiger partial charge in [-0.15, -0.1) is 0 Å². The van der Waals surface area contributed by atoms with E-state index in [0.29, 0.717) is 0 Å². The minimum atomic E-state index is -1.28. The first-order valence-corrected chi connectivity index (χ1v) is 4.81. The van der Waals surface area contributed by atoms with Crippen LogP contribution in [0.1, 0.15) is 5.56 Å². The molecule has 18 heavy (non-hydrogen) atoms. The summed E-state index contributed by atoms with van der Waals surface area (Å²) < 4.78 is 13.3. The molecule has 1 aromatic rings. The van der Waals surface area contributed by atoms with Crippen LogP contribution in [0.2, 0.25) is 0 Å². The Morgan fingerprint density at radius 2 is 2.28 bits per heavy atom. The highest BCUT2D eigenvalue weighted by atomic mass is 19.1. The van der Waals surface area contributed by atoms with Gasteiger partial charge in [0.25, 0.3) is 0 Å². The van der Waals surface area contributed by atoms with E-state index >= 15 is 0 Å². The number of carbonyl (C=O) groups excluding carboxylic acids is 1. The van der Waals surface area contributed by atoms with Gasteiger partial charge in [-0.05, 0) is 11.6 Å². The summed E-state index contributed by atoms with van der Waals surface area (Å²) in [5.41, 5.74) is -0.450. The molecule has 0 aromatic heterocycles. The summed E-state index contributed by atoms with van der Waals surface area (Å²) in [6.45, 7) is 0. The lowest BCUT2D eigenvalue weighted by atomic mass is 10.1. The normalized spacial score (nSPS) is 11.6. The fourth-order valence-electron chi connectivity index (χ4n) is 1.36. The molecule has 1 atom stereocenters. The quantitative estimate of drug-likeness (QED) is 0.437. The maximum Gasteiger partial charge on any atom is 0.326 e. The number of amides is 1. The fraction of sp³-hybridized carbons (Fsp3) is 0.200. The Kier molecular flexibility index (Phi) is 4.30. The number of carbonyl (C=O) groups is 2. The zero-order chi connectivity index (χ0) is 13.7. The van der Waals surface area contributed by atoms with Crippen LogP contribution in [0.3, 0.4) is 0 Å². The van der Waals surface area contributed by atoms with Gasteiger partial charge in [-0.3, -0.25) is 14.9 Å². The molecule has 0 aliphatic rings. The summed E-state index contributed by atoms with van der Waals surface area (Å²) in [4.78, 5) is 30.4. The monoisotopic (exact) mass is 256 g/mol. The molecule has 0 saturated heterocycles. The van der Waals surface area contributed by atoms with Crippen molar-refractivity contribution in [2.45, 2.75) is 12.5 Å². The number of carboxylic acid groups (broad SMARTS) is 1. The van der Waals surface area contributed by atoms with Crippen molar-refractivity contribution in [1.82, 2.24) is 5.32 Å². The molecule has 2 N–H and O–H groups in total. The molecule has 96 valence electrons. The van der Waals surface area contributed by atoms with Gasteiger partial charge in [-0.2, -0.15) is 4.39 Å². The van der Waals surface area contributed by atoms with Crippen molar-refractivity contribution >= 4 is 18.1 Å². The number of aliphatic carboxylic acids is 1. The van der Waals surface area contributed by atoms with Crippen LogP contribution in [0.25, 0.3) is 0 Å². The Bertz CT molecular complexity index is 491. The molecule has 0 aliphatic heterocycles. The van der Waals surface area contributed by atoms with Gasteiger partial charge in [-0.25, -0.2) is 4.79 Å². The van der Waals surface area contributed by atoms with Crippen molar-refractivity contribution < 1.29 is 24.0 Å². The fourth-order valence-corrected chi connectivity index (χ4v) is 1.36. The Hall–Kier alpha value is -2.51. The highest BCUT2D eigenvalue weighted by molar-refractivity contribution is 5.76. The van der Waals surface area contributed by atoms with E-state index in [9.17, 15) is 24.1 Å². The van der Waals surface area contributed by atoms with Crippen molar-refractivity contribution in [3.63, 3.8) is 0 Å². The minimum Gasteiger partial charge on any atom is -0.480 e. The third-order valence-corrected chi connectivity index (χ3v) is 2.22. The minimum absolute atomic E-state index is 0.164. The van der Waals surface area contributed by atoms with Crippen LogP contribution >= 0.6 is 0 Å². The summed E-state index contributed by atoms with van der Waals surface area (Å²) in [7, 11) is 0. The molecular weight excluding hydrogens is 247 g/mol. The van der Waals surface area contributed by atoms with Crippen LogP contribution in [-0.2, 0) is 16.0 Å². The van der Waals surface area contributed by atoms with E-state index in [2.05, 4.69) is 5.32 Å². The molecule has 0 heterocycles. The molecule has 0 bridgehead atoms. The lowest BCUT2D eigenvalue weighted by molar-refractivity contribution is -0.387. The number of nitrogens with one attached hydrogen (secondary N) is 1. The predicted molar refractivity (Wildman–Crippen MR) is 57.4 cm³/mol. The SMILES string of the molecule is O=CNC(Cc1ccc([N+](=O)[O-])c(F)c1)C(=O)O. The second kappa shape index (κ2) is 5.71. The van der Waals surface area contributed by atoms with Crippen LogP contribution < -0.4 is 5.32 Å². The molecule has 0 fully saturated rings. The Labute approximate surface area is 100 Å². The van der Waals surface area contributed by atoms with Crippen molar-refractivity contribution in [3.8, 4) is 0 Å². The third kappa shape index (κ3) is 3.24. The number of nitro benzene ring substituents is 1. The van der Waals surface area contributed by atoms with Crippen LogP contribution in [0, 0.1) is 15.9 Å². The number of rotatable bonds is 6. The molecular formula is C10H9FN2O5. The van der Waals surface area contributed by atoms with E-state index in [4.69, 9.17) is 5.11 Å². The molecule has 0 radical (unpaired) electrons. The summed E-state index contributed by atoms with van der Waals surface area (Å²) in [5.74, 6) is -2.33. The zero-order valence-electron chi connectivity index (χ0n) is 9.00. The van der Waals surface area contributed by atoms with Gasteiger partial charge in [0.2, 0.25) is 12.2 Å². The average Bonchev–Trinajstić information content (AvgIpc) is 2.27. The number of hydrogen-bond donors (Lipinski definition) is 2. The maximum absolute atomic E-state index is 13.3. The van der Waals surface area contributed by atoms with Gasteiger partial charge < -0.3 is 10.4 Å². The second-order valence-electron chi connectivity index (χ2n) is 3.42. The van der Waals surface area contributed by atoms with E-state index in [1.165, 1.54) is 6.07 Å². The molecule has 1 aromatic carbocycles. The first-order chi connectivity index (χ1) is 8.45. The number of carboxylic acids is 1. The first-order valence-electron chi connectivity index (χ1n) is 4.81. The summed E-state index contributed by atoms with van der Waals surface area (Å²) in [5, 5.41) is 21.2. The van der Waals surface area contributed by atoms with Crippen LogP contribution in [0.4, 0.5) is 10.1 Å². The van der Waals surface area contributed by atoms with Gasteiger partial charge in [0.05, 0.1) is 4.92 Å². The number of nitrogens with zero attached hydrogens (tertiary/aromatic N) is 1. The third-order valence-electron chi connectivity index (χ3n) is 2.22. The van der Waals surface area contributed by atoms with Crippen molar-refractivity contribution in [2.24, 2.45) is 0 Å². The highest BCUT2D eigenvalue weighted by Gasteiger charge is 2.19. The lowest BCUT2D eigenvalue weighted by Crippen LogP contribution is -2.37. The molecule has 0 aliphatic carbocycles. The smallest absolute Gasteiger partial charge is 0.326 e. The van der Waals surface area contributed by atoms with Gasteiger partial charge >= 0.3 is 11.7 Å². The van der Waals surface area contributed by atoms with Crippen LogP contribution in [0.15, 0.2) is 18.2 Å². The average molecular weight is 256 g/mol. The molecule has 0 spiro atoms. The maximum atomic E-state index is 13.3. The summed E-state index contributed by atoms with van der Waals surface area (Å²) in [6.07, 6.45) is 0.0590. The largest absolute Gasteiger partial charge is 0.480 e. The second-order valence-corrected chi connectivity index (χ2v) is 3.42. The van der Waals surface area contributed by atoms with E-state index in [1.54, 1.807) is 0 Å². The molecule has 1 unspecified atom stereocenters. The Balaban J connectivity index is 2.91. The van der Waals surface area contributed by atoms with Crippen molar-refractivity contribution in [1.29, 1.82) is 0 Å². The number of halogens is 1. The van der Waals surface area contributed by atoms with E-state index in [0.717, 1.165) is 12.1 Å². The predicted octanol–water partition coefficient (Wildman–Crippen LogP) is 0.476. The summed E-state index contributed by atoms with van der Waals surface area (Å²) in [6, 6.07) is 1.86. The van der Waals surface area contributed by atoms with Crippen LogP contribution in [-0.4, -0.2) is 28.5 Å². The lowest BCUT2D eigenvalue weighted by Gasteiger charge is -2.10. The Morgan fingerprint density at radius 3 is 2.72 bits per heavy atom. The van der Waals surface area contributed by atoms with Crippen molar-refractivity contribution in [3.05, 3.63) is 39.7 Å². The van der Waals surface area contributed by atoms with Crippen LogP contribution in [0.5, 0.6) is 0 Å². The van der Waals surface area contributed by atoms with Gasteiger partial charge in [0, 0.05) is 12.5 Å². The first kappa shape index (κ1) is 13.6. The van der Waals surface area contributed by atoms with E-state index < -0.39 is 28.4 Å². The summed E-state index contributed by atoms with van der Waals surface area (Å²) >= 11 is 0. The number of hydrogen-bond acceptors (Lipinski definition) is 4. The molecule has 8 heteroatoms. The number of nitro groups is 1. The van der Waals surface area contributed by atoms with Gasteiger partial charge in [-0.1, -0.05) is 6.07 Å². The topological polar surface area (TPSA) is 110 Å². The van der Waals surface area contributed by atoms with E-state index in [-0.39, 0.29) is 18.4 Å². The molecule has 1 rings (SSSR count).